The van der Waals surface area contributed by atoms with Crippen LogP contribution in [0.3, 0.4) is 0 Å². The number of aromatic nitrogens is 4. The summed E-state index contributed by atoms with van der Waals surface area (Å²) < 4.78 is 44.6. The molecule has 256 valence electrons. The quantitative estimate of drug-likeness (QED) is 0.184. The van der Waals surface area contributed by atoms with Gasteiger partial charge in [0.05, 0.1) is 17.9 Å². The zero-order valence-electron chi connectivity index (χ0n) is 25.0. The Balaban J connectivity index is 0.000000771. The molecule has 47 heavy (non-hydrogen) atoms. The summed E-state index contributed by atoms with van der Waals surface area (Å²) in [7, 11) is -4.13. The zero-order chi connectivity index (χ0) is 34.8. The summed E-state index contributed by atoms with van der Waals surface area (Å²) in [5.41, 5.74) is 2.49. The number of carbonyl (C=O) groups excluding carboxylic acids is 2. The number of alkyl halides is 3. The van der Waals surface area contributed by atoms with Crippen molar-refractivity contribution in [2.45, 2.75) is 56.9 Å². The SMILES string of the molecule is C[C@H](NC(=O)[C@H]1C[C@@H](c2ccccc2)CCN1CCCP(=O)(O)O)C(=O)NCc1cc(Cl)ccc1-n1cnnn1.O=C(O)C(F)(F)F. The minimum atomic E-state index is -5.08. The van der Waals surface area contributed by atoms with Crippen molar-refractivity contribution >= 4 is 37.0 Å². The first-order valence-corrected chi connectivity index (χ1v) is 16.5. The molecule has 1 aromatic heterocycles. The van der Waals surface area contributed by atoms with Crippen molar-refractivity contribution in [3.8, 4) is 5.69 Å². The van der Waals surface area contributed by atoms with Crippen molar-refractivity contribution in [2.75, 3.05) is 19.3 Å². The Morgan fingerprint density at radius 2 is 1.83 bits per heavy atom. The van der Waals surface area contributed by atoms with E-state index in [0.717, 1.165) is 12.0 Å². The van der Waals surface area contributed by atoms with Crippen LogP contribution in [0.25, 0.3) is 5.69 Å². The Morgan fingerprint density at radius 1 is 1.15 bits per heavy atom. The van der Waals surface area contributed by atoms with Crippen molar-refractivity contribution in [1.82, 2.24) is 35.7 Å². The van der Waals surface area contributed by atoms with Gasteiger partial charge in [-0.1, -0.05) is 41.9 Å². The topological polar surface area (TPSA) is 200 Å². The van der Waals surface area contributed by atoms with E-state index in [0.29, 0.717) is 35.8 Å². The number of hydrogen-bond acceptors (Lipinski definition) is 8. The molecule has 1 aliphatic heterocycles. The lowest BCUT2D eigenvalue weighted by atomic mass is 9.85. The lowest BCUT2D eigenvalue weighted by Crippen LogP contribution is -2.55. The highest BCUT2D eigenvalue weighted by atomic mass is 35.5. The van der Waals surface area contributed by atoms with Gasteiger partial charge in [0.1, 0.15) is 12.4 Å². The van der Waals surface area contributed by atoms with Gasteiger partial charge in [0, 0.05) is 11.6 Å². The fraction of sp³-hybridized carbons (Fsp3) is 0.429. The Morgan fingerprint density at radius 3 is 2.43 bits per heavy atom. The summed E-state index contributed by atoms with van der Waals surface area (Å²) in [5.74, 6) is -3.27. The van der Waals surface area contributed by atoms with Gasteiger partial charge in [-0.05, 0) is 84.9 Å². The summed E-state index contributed by atoms with van der Waals surface area (Å²) in [5, 5.41) is 24.5. The zero-order valence-corrected chi connectivity index (χ0v) is 26.7. The molecule has 1 saturated heterocycles. The average Bonchev–Trinajstić information content (AvgIpc) is 3.54. The monoisotopic (exact) mass is 703 g/mol. The Labute approximate surface area is 272 Å². The summed E-state index contributed by atoms with van der Waals surface area (Å²) in [6.45, 7) is 2.74. The van der Waals surface area contributed by atoms with Crippen LogP contribution in [-0.4, -0.2) is 95.3 Å². The van der Waals surface area contributed by atoms with Crippen LogP contribution in [0.5, 0.6) is 0 Å². The van der Waals surface area contributed by atoms with E-state index < -0.39 is 31.8 Å². The van der Waals surface area contributed by atoms with Gasteiger partial charge in [-0.2, -0.15) is 13.2 Å². The molecule has 3 atom stereocenters. The van der Waals surface area contributed by atoms with Gasteiger partial charge in [0.15, 0.2) is 0 Å². The summed E-state index contributed by atoms with van der Waals surface area (Å²) in [4.78, 5) is 55.8. The van der Waals surface area contributed by atoms with Gasteiger partial charge in [-0.25, -0.2) is 9.48 Å². The molecule has 2 heterocycles. The Hall–Kier alpha value is -3.89. The van der Waals surface area contributed by atoms with Gasteiger partial charge >= 0.3 is 19.7 Å². The van der Waals surface area contributed by atoms with Gasteiger partial charge in [-0.3, -0.25) is 19.1 Å². The van der Waals surface area contributed by atoms with Crippen LogP contribution in [0.4, 0.5) is 13.2 Å². The number of tetrazole rings is 1. The van der Waals surface area contributed by atoms with Crippen molar-refractivity contribution < 1.29 is 47.0 Å². The van der Waals surface area contributed by atoms with E-state index in [9.17, 15) is 37.1 Å². The fourth-order valence-corrected chi connectivity index (χ4v) is 5.71. The molecule has 0 unspecified atom stereocenters. The molecule has 2 amide bonds. The number of halogens is 4. The predicted molar refractivity (Wildman–Crippen MR) is 163 cm³/mol. The average molecular weight is 704 g/mol. The predicted octanol–water partition coefficient (Wildman–Crippen LogP) is 2.89. The number of rotatable bonds is 11. The van der Waals surface area contributed by atoms with Gasteiger partial charge in [-0.15, -0.1) is 5.10 Å². The number of carboxylic acids is 1. The lowest BCUT2D eigenvalue weighted by Gasteiger charge is -2.39. The molecule has 0 spiro atoms. The molecule has 0 radical (unpaired) electrons. The minimum Gasteiger partial charge on any atom is -0.475 e. The third kappa shape index (κ3) is 12.0. The number of likely N-dealkylation sites (tertiary alicyclic amines) is 1. The Kier molecular flexibility index (Phi) is 13.4. The second-order valence-electron chi connectivity index (χ2n) is 10.7. The van der Waals surface area contributed by atoms with Crippen molar-refractivity contribution in [2.24, 2.45) is 0 Å². The second-order valence-corrected chi connectivity index (χ2v) is 12.9. The number of nitrogens with zero attached hydrogens (tertiary/aromatic N) is 5. The summed E-state index contributed by atoms with van der Waals surface area (Å²) >= 11 is 6.16. The third-order valence-corrected chi connectivity index (χ3v) is 8.40. The minimum absolute atomic E-state index is 0.142. The molecule has 0 aliphatic carbocycles. The van der Waals surface area contributed by atoms with E-state index in [-0.39, 0.29) is 36.9 Å². The maximum Gasteiger partial charge on any atom is 0.490 e. The van der Waals surface area contributed by atoms with Crippen LogP contribution in [0.2, 0.25) is 5.02 Å². The van der Waals surface area contributed by atoms with Gasteiger partial charge in [0.2, 0.25) is 11.8 Å². The number of carbonyl (C=O) groups is 3. The molecule has 5 N–H and O–H groups in total. The second kappa shape index (κ2) is 16.8. The number of piperidine rings is 1. The fourth-order valence-electron chi connectivity index (χ4n) is 4.96. The molecule has 4 rings (SSSR count). The number of nitrogens with one attached hydrogen (secondary N) is 2. The first-order chi connectivity index (χ1) is 22.0. The first-order valence-electron chi connectivity index (χ1n) is 14.3. The summed E-state index contributed by atoms with van der Waals surface area (Å²) in [6.07, 6.45) is -2.25. The smallest absolute Gasteiger partial charge is 0.475 e. The van der Waals surface area contributed by atoms with Crippen molar-refractivity contribution in [3.63, 3.8) is 0 Å². The van der Waals surface area contributed by atoms with Crippen LogP contribution in [-0.2, 0) is 25.5 Å². The molecular weight excluding hydrogens is 670 g/mol. The molecular formula is C28H34ClF3N7O7P. The van der Waals surface area contributed by atoms with Crippen LogP contribution in [0.1, 0.15) is 43.2 Å². The van der Waals surface area contributed by atoms with E-state index in [2.05, 4.69) is 26.2 Å². The largest absolute Gasteiger partial charge is 0.490 e. The van der Waals surface area contributed by atoms with Crippen LogP contribution >= 0.6 is 19.2 Å². The van der Waals surface area contributed by atoms with E-state index in [4.69, 9.17) is 21.5 Å². The van der Waals surface area contributed by atoms with Crippen molar-refractivity contribution in [1.29, 1.82) is 0 Å². The van der Waals surface area contributed by atoms with Gasteiger partial charge in [0.25, 0.3) is 0 Å². The molecule has 3 aromatic rings. The van der Waals surface area contributed by atoms with E-state index >= 15 is 0 Å². The number of carboxylic acid groups (broad SMARTS) is 1. The highest BCUT2D eigenvalue weighted by molar-refractivity contribution is 7.51. The summed E-state index contributed by atoms with van der Waals surface area (Å²) in [6, 6.07) is 13.8. The van der Waals surface area contributed by atoms with Crippen molar-refractivity contribution in [3.05, 3.63) is 71.0 Å². The molecule has 19 heteroatoms. The molecule has 0 bridgehead atoms. The highest BCUT2D eigenvalue weighted by Gasteiger charge is 2.38. The molecule has 1 aliphatic rings. The van der Waals surface area contributed by atoms with E-state index in [1.54, 1.807) is 25.1 Å². The third-order valence-electron chi connectivity index (χ3n) is 7.27. The van der Waals surface area contributed by atoms with Crippen LogP contribution in [0.15, 0.2) is 54.9 Å². The first kappa shape index (κ1) is 37.6. The molecule has 2 aromatic carbocycles. The number of benzene rings is 2. The standard InChI is InChI=1S/C26H33ClN7O5P.C2HF3O2/c1-18(25(35)28-16-21-14-22(27)8-9-23(21)34-17-29-31-32-34)30-26(36)24-15-20(19-6-3-2-4-7-19)10-12-33(24)11-5-13-40(37,38)39;3-2(4,5)1(6)7/h2-4,6-9,14,17-18,20,24H,5,10-13,15-16H2,1H3,(H,28,35)(H,30,36)(H2,37,38,39);(H,6,7)/t18-,20-,24+;/m0./s1. The molecule has 1 fully saturated rings. The van der Waals surface area contributed by atoms with Gasteiger partial charge < -0.3 is 25.5 Å². The van der Waals surface area contributed by atoms with E-state index in [1.165, 1.54) is 11.0 Å². The Bertz CT molecular complexity index is 1540. The van der Waals surface area contributed by atoms with Crippen LogP contribution < -0.4 is 10.6 Å². The maximum atomic E-state index is 13.5. The van der Waals surface area contributed by atoms with Crippen LogP contribution in [0, 0.1) is 0 Å². The lowest BCUT2D eigenvalue weighted by molar-refractivity contribution is -0.192. The number of hydrogen-bond donors (Lipinski definition) is 5. The molecule has 14 nitrogen and oxygen atoms in total. The number of amides is 2. The maximum absolute atomic E-state index is 13.5. The highest BCUT2D eigenvalue weighted by Crippen LogP contribution is 2.36. The number of aliphatic carboxylic acids is 1. The molecule has 0 saturated carbocycles. The van der Waals surface area contributed by atoms with E-state index in [1.807, 2.05) is 35.2 Å². The normalized spacial score (nSPS) is 17.6.